The molecule has 0 saturated carbocycles. The highest BCUT2D eigenvalue weighted by molar-refractivity contribution is 6.07. The molecule has 0 spiro atoms. The van der Waals surface area contributed by atoms with Crippen LogP contribution >= 0.6 is 0 Å². The number of nitro groups is 1. The number of amides is 2. The summed E-state index contributed by atoms with van der Waals surface area (Å²) in [6, 6.07) is 23.9. The first-order valence-corrected chi connectivity index (χ1v) is 10.2. The molecule has 3 aromatic rings. The number of fused-ring (bicyclic) bond motifs is 1. The fourth-order valence-electron chi connectivity index (χ4n) is 4.32. The van der Waals surface area contributed by atoms with Gasteiger partial charge in [-0.25, -0.2) is 5.06 Å². The molecule has 8 heteroatoms. The van der Waals surface area contributed by atoms with E-state index in [-0.39, 0.29) is 24.0 Å². The van der Waals surface area contributed by atoms with E-state index in [2.05, 4.69) is 0 Å². The second kappa shape index (κ2) is 7.90. The molecule has 2 aliphatic rings. The lowest BCUT2D eigenvalue weighted by atomic mass is 9.90. The third-order valence-corrected chi connectivity index (χ3v) is 5.85. The van der Waals surface area contributed by atoms with E-state index in [9.17, 15) is 19.7 Å². The fourth-order valence-corrected chi connectivity index (χ4v) is 4.32. The van der Waals surface area contributed by atoms with Gasteiger partial charge in [-0.1, -0.05) is 60.7 Å². The summed E-state index contributed by atoms with van der Waals surface area (Å²) in [5.41, 5.74) is 2.16. The molecule has 2 heterocycles. The monoisotopic (exact) mass is 429 g/mol. The van der Waals surface area contributed by atoms with Gasteiger partial charge in [0.15, 0.2) is 6.10 Å². The molecule has 0 N–H and O–H groups in total. The van der Waals surface area contributed by atoms with E-state index in [0.29, 0.717) is 11.3 Å². The lowest BCUT2D eigenvalue weighted by Gasteiger charge is -2.28. The Hall–Kier alpha value is -4.04. The smallest absolute Gasteiger partial charge is 0.269 e. The average molecular weight is 429 g/mol. The van der Waals surface area contributed by atoms with Gasteiger partial charge in [-0.2, -0.15) is 0 Å². The van der Waals surface area contributed by atoms with Crippen LogP contribution in [0.4, 0.5) is 11.4 Å². The van der Waals surface area contributed by atoms with Crippen LogP contribution in [0.1, 0.15) is 17.2 Å². The lowest BCUT2D eigenvalue weighted by Crippen LogP contribution is -2.36. The predicted octanol–water partition coefficient (Wildman–Crippen LogP) is 3.64. The first-order valence-electron chi connectivity index (χ1n) is 10.2. The van der Waals surface area contributed by atoms with Gasteiger partial charge in [0.1, 0.15) is 5.92 Å². The molecule has 0 aromatic heterocycles. The van der Waals surface area contributed by atoms with E-state index >= 15 is 0 Å². The highest BCUT2D eigenvalue weighted by Crippen LogP contribution is 2.47. The third kappa shape index (κ3) is 3.30. The van der Waals surface area contributed by atoms with Crippen molar-refractivity contribution in [3.63, 3.8) is 0 Å². The Kier molecular flexibility index (Phi) is 4.91. The second-order valence-electron chi connectivity index (χ2n) is 7.75. The van der Waals surface area contributed by atoms with Crippen molar-refractivity contribution >= 4 is 23.2 Å². The van der Waals surface area contributed by atoms with Crippen molar-refractivity contribution in [1.29, 1.82) is 0 Å². The quantitative estimate of drug-likeness (QED) is 0.349. The van der Waals surface area contributed by atoms with Gasteiger partial charge in [0.25, 0.3) is 11.6 Å². The standard InChI is InChI=1S/C24H19N3O5/c28-23-20-21(17-11-13-19(14-12-17)27(30)31)26(18-9-5-2-6-10-18)32-22(20)24(29)25(23)15-16-7-3-1-4-8-16/h1-14,20-22H,15H2/t20-,21+,22+/m0/s1. The molecule has 0 unspecified atom stereocenters. The van der Waals surface area contributed by atoms with Crippen LogP contribution in [-0.2, 0) is 21.0 Å². The molecular weight excluding hydrogens is 410 g/mol. The molecule has 3 atom stereocenters. The van der Waals surface area contributed by atoms with Gasteiger partial charge in [-0.15, -0.1) is 0 Å². The molecule has 2 saturated heterocycles. The second-order valence-corrected chi connectivity index (χ2v) is 7.75. The number of non-ortho nitro benzene ring substituents is 1. The van der Waals surface area contributed by atoms with Crippen LogP contribution in [0.5, 0.6) is 0 Å². The van der Waals surface area contributed by atoms with Crippen LogP contribution in [0, 0.1) is 16.0 Å². The summed E-state index contributed by atoms with van der Waals surface area (Å²) in [5, 5.41) is 12.7. The van der Waals surface area contributed by atoms with Crippen molar-refractivity contribution in [3.8, 4) is 0 Å². The molecule has 0 bridgehead atoms. The van der Waals surface area contributed by atoms with E-state index in [0.717, 1.165) is 5.56 Å². The minimum absolute atomic E-state index is 0.0463. The van der Waals surface area contributed by atoms with E-state index in [1.54, 1.807) is 17.2 Å². The minimum Gasteiger partial charge on any atom is -0.275 e. The number of likely N-dealkylation sites (tertiary alicyclic amines) is 1. The highest BCUT2D eigenvalue weighted by atomic mass is 16.7. The van der Waals surface area contributed by atoms with Gasteiger partial charge in [0.05, 0.1) is 23.2 Å². The topological polar surface area (TPSA) is 93.0 Å². The van der Waals surface area contributed by atoms with Crippen LogP contribution in [0.25, 0.3) is 0 Å². The molecule has 8 nitrogen and oxygen atoms in total. The van der Waals surface area contributed by atoms with Gasteiger partial charge in [0, 0.05) is 12.1 Å². The molecule has 32 heavy (non-hydrogen) atoms. The largest absolute Gasteiger partial charge is 0.275 e. The van der Waals surface area contributed by atoms with Crippen LogP contribution < -0.4 is 5.06 Å². The number of nitro benzene ring substituents is 1. The molecule has 2 amide bonds. The zero-order valence-corrected chi connectivity index (χ0v) is 16.9. The first-order chi connectivity index (χ1) is 15.5. The summed E-state index contributed by atoms with van der Waals surface area (Å²) in [6.07, 6.45) is -0.952. The number of hydrogen-bond acceptors (Lipinski definition) is 6. The van der Waals surface area contributed by atoms with Crippen molar-refractivity contribution in [2.24, 2.45) is 5.92 Å². The van der Waals surface area contributed by atoms with Crippen LogP contribution in [-0.4, -0.2) is 27.7 Å². The fraction of sp³-hybridized carbons (Fsp3) is 0.167. The van der Waals surface area contributed by atoms with E-state index in [4.69, 9.17) is 4.84 Å². The van der Waals surface area contributed by atoms with Gasteiger partial charge in [-0.05, 0) is 23.3 Å². The van der Waals surface area contributed by atoms with Gasteiger partial charge in [0.2, 0.25) is 5.91 Å². The number of benzene rings is 3. The van der Waals surface area contributed by atoms with Crippen LogP contribution in [0.2, 0.25) is 0 Å². The number of anilines is 1. The maximum atomic E-state index is 13.4. The first kappa shape index (κ1) is 19.9. The zero-order chi connectivity index (χ0) is 22.2. The van der Waals surface area contributed by atoms with Crippen molar-refractivity contribution in [3.05, 3.63) is 106 Å². The molecule has 2 fully saturated rings. The summed E-state index contributed by atoms with van der Waals surface area (Å²) in [6.45, 7) is 0.174. The van der Waals surface area contributed by atoms with E-state index in [1.807, 2.05) is 60.7 Å². The Morgan fingerprint density at radius 2 is 1.47 bits per heavy atom. The normalized spacial score (nSPS) is 22.3. The number of hydroxylamine groups is 1. The summed E-state index contributed by atoms with van der Waals surface area (Å²) < 4.78 is 0. The zero-order valence-electron chi connectivity index (χ0n) is 16.9. The Morgan fingerprint density at radius 1 is 0.844 bits per heavy atom. The molecule has 2 aliphatic heterocycles. The Bertz CT molecular complexity index is 1170. The summed E-state index contributed by atoms with van der Waals surface area (Å²) in [7, 11) is 0. The van der Waals surface area contributed by atoms with Gasteiger partial charge >= 0.3 is 0 Å². The molecular formula is C24H19N3O5. The van der Waals surface area contributed by atoms with Crippen molar-refractivity contribution in [1.82, 2.24) is 4.90 Å². The predicted molar refractivity (Wildman–Crippen MR) is 115 cm³/mol. The van der Waals surface area contributed by atoms with Crippen LogP contribution in [0.15, 0.2) is 84.9 Å². The number of carbonyl (C=O) groups excluding carboxylic acids is 2. The molecule has 160 valence electrons. The summed E-state index contributed by atoms with van der Waals surface area (Å²) >= 11 is 0. The molecule has 5 rings (SSSR count). The van der Waals surface area contributed by atoms with E-state index < -0.39 is 23.0 Å². The van der Waals surface area contributed by atoms with Crippen LogP contribution in [0.3, 0.4) is 0 Å². The number of carbonyl (C=O) groups is 2. The average Bonchev–Trinajstić information content (AvgIpc) is 3.32. The van der Waals surface area contributed by atoms with Gasteiger partial charge < -0.3 is 0 Å². The van der Waals surface area contributed by atoms with Gasteiger partial charge in [-0.3, -0.25) is 29.4 Å². The number of hydrogen-bond donors (Lipinski definition) is 0. The highest BCUT2D eigenvalue weighted by Gasteiger charge is 2.59. The van der Waals surface area contributed by atoms with E-state index in [1.165, 1.54) is 17.0 Å². The number of rotatable bonds is 5. The molecule has 0 aliphatic carbocycles. The lowest BCUT2D eigenvalue weighted by molar-refractivity contribution is -0.384. The minimum atomic E-state index is -0.952. The Labute approximate surface area is 183 Å². The molecule has 3 aromatic carbocycles. The third-order valence-electron chi connectivity index (χ3n) is 5.85. The number of nitrogens with zero attached hydrogens (tertiary/aromatic N) is 3. The Balaban J connectivity index is 1.52. The number of imide groups is 1. The maximum Gasteiger partial charge on any atom is 0.269 e. The van der Waals surface area contributed by atoms with Crippen molar-refractivity contribution in [2.75, 3.05) is 5.06 Å². The van der Waals surface area contributed by atoms with Crippen molar-refractivity contribution < 1.29 is 19.3 Å². The Morgan fingerprint density at radius 3 is 2.09 bits per heavy atom. The maximum absolute atomic E-state index is 13.4. The molecule has 0 radical (unpaired) electrons. The SMILES string of the molecule is O=C1[C@H]2[C@@H](c3ccc([N+](=O)[O-])cc3)N(c3ccccc3)O[C@H]2C(=O)N1Cc1ccccc1. The summed E-state index contributed by atoms with van der Waals surface area (Å²) in [5.74, 6) is -1.45. The summed E-state index contributed by atoms with van der Waals surface area (Å²) in [4.78, 5) is 44.5. The van der Waals surface area contributed by atoms with Crippen molar-refractivity contribution in [2.45, 2.75) is 18.7 Å². The number of para-hydroxylation sites is 1.